The maximum Gasteiger partial charge on any atom is 0.226 e. The van der Waals surface area contributed by atoms with Crippen molar-refractivity contribution < 1.29 is 4.74 Å². The summed E-state index contributed by atoms with van der Waals surface area (Å²) < 4.78 is 5.49. The lowest BCUT2D eigenvalue weighted by atomic mass is 10.1. The number of aromatic nitrogens is 5. The number of hydrogen-bond donors (Lipinski definition) is 0. The Bertz CT molecular complexity index is 1350. The summed E-state index contributed by atoms with van der Waals surface area (Å²) in [6.07, 6.45) is 11.1. The highest BCUT2D eigenvalue weighted by Gasteiger charge is 2.23. The van der Waals surface area contributed by atoms with Crippen LogP contribution in [0.2, 0.25) is 0 Å². The Morgan fingerprint density at radius 3 is 2.46 bits per heavy atom. The van der Waals surface area contributed by atoms with E-state index in [-0.39, 0.29) is 0 Å². The molecule has 4 aromatic rings. The summed E-state index contributed by atoms with van der Waals surface area (Å²) >= 11 is 0. The van der Waals surface area contributed by atoms with Crippen molar-refractivity contribution in [3.63, 3.8) is 0 Å². The zero-order valence-corrected chi connectivity index (χ0v) is 19.3. The molecule has 8 nitrogen and oxygen atoms in total. The molecule has 35 heavy (non-hydrogen) atoms. The van der Waals surface area contributed by atoms with Crippen molar-refractivity contribution in [2.24, 2.45) is 0 Å². The molecule has 6 rings (SSSR count). The van der Waals surface area contributed by atoms with Crippen LogP contribution in [-0.4, -0.2) is 51.2 Å². The second kappa shape index (κ2) is 9.60. The molecule has 0 aliphatic carbocycles. The van der Waals surface area contributed by atoms with E-state index in [4.69, 9.17) is 14.7 Å². The predicted octanol–water partition coefficient (Wildman–Crippen LogP) is 3.86. The van der Waals surface area contributed by atoms with Gasteiger partial charge in [-0.05, 0) is 59.2 Å². The van der Waals surface area contributed by atoms with Gasteiger partial charge in [-0.2, -0.15) is 0 Å². The zero-order chi connectivity index (χ0) is 23.5. The molecule has 1 saturated heterocycles. The number of benzene rings is 1. The van der Waals surface area contributed by atoms with Crippen LogP contribution >= 0.6 is 0 Å². The Kier molecular flexibility index (Phi) is 5.86. The molecule has 5 heterocycles. The van der Waals surface area contributed by atoms with Gasteiger partial charge in [0.2, 0.25) is 5.95 Å². The van der Waals surface area contributed by atoms with Gasteiger partial charge in [0.15, 0.2) is 5.82 Å². The van der Waals surface area contributed by atoms with Gasteiger partial charge in [-0.3, -0.25) is 4.98 Å². The summed E-state index contributed by atoms with van der Waals surface area (Å²) in [5, 5.41) is 0. The standard InChI is InChI=1S/C27H25N7O/c1(20-5-9-28-10-6-20)3-23-7-11-29-26(31-23)25-8-12-30-27(32-25)34-18-21-2-4-24(17-22(21)19-34)33-13-15-35-16-14-33/h1-12,17H,13-16,18-19H2/b3-1+. The summed E-state index contributed by atoms with van der Waals surface area (Å²) in [5.41, 5.74) is 6.48. The van der Waals surface area contributed by atoms with Gasteiger partial charge in [0.05, 0.1) is 18.9 Å². The van der Waals surface area contributed by atoms with Gasteiger partial charge < -0.3 is 14.5 Å². The molecular weight excluding hydrogens is 438 g/mol. The summed E-state index contributed by atoms with van der Waals surface area (Å²) in [6.45, 7) is 5.01. The lowest BCUT2D eigenvalue weighted by Gasteiger charge is -2.29. The topological polar surface area (TPSA) is 80.2 Å². The van der Waals surface area contributed by atoms with Crippen molar-refractivity contribution >= 4 is 23.8 Å². The van der Waals surface area contributed by atoms with Crippen LogP contribution in [0.15, 0.2) is 67.3 Å². The van der Waals surface area contributed by atoms with E-state index in [9.17, 15) is 0 Å². The van der Waals surface area contributed by atoms with Crippen molar-refractivity contribution in [1.82, 2.24) is 24.9 Å². The molecule has 3 aromatic heterocycles. The van der Waals surface area contributed by atoms with Gasteiger partial charge >= 0.3 is 0 Å². The minimum absolute atomic E-state index is 0.580. The zero-order valence-electron chi connectivity index (χ0n) is 19.3. The number of fused-ring (bicyclic) bond motifs is 1. The highest BCUT2D eigenvalue weighted by atomic mass is 16.5. The second-order valence-electron chi connectivity index (χ2n) is 8.57. The summed E-state index contributed by atoms with van der Waals surface area (Å²) in [7, 11) is 0. The molecule has 1 aromatic carbocycles. The van der Waals surface area contributed by atoms with Gasteiger partial charge in [-0.1, -0.05) is 12.1 Å². The number of nitrogens with zero attached hydrogens (tertiary/aromatic N) is 7. The molecule has 0 bridgehead atoms. The van der Waals surface area contributed by atoms with Gasteiger partial charge in [0, 0.05) is 56.7 Å². The summed E-state index contributed by atoms with van der Waals surface area (Å²) in [6, 6.07) is 14.4. The monoisotopic (exact) mass is 463 g/mol. The third-order valence-corrected chi connectivity index (χ3v) is 6.27. The lowest BCUT2D eigenvalue weighted by Crippen LogP contribution is -2.36. The first-order chi connectivity index (χ1) is 17.3. The maximum atomic E-state index is 5.49. The quantitative estimate of drug-likeness (QED) is 0.442. The fraction of sp³-hybridized carbons (Fsp3) is 0.222. The van der Waals surface area contributed by atoms with Gasteiger partial charge in [-0.15, -0.1) is 0 Å². The molecule has 0 saturated carbocycles. The van der Waals surface area contributed by atoms with E-state index in [2.05, 4.69) is 43.0 Å². The van der Waals surface area contributed by atoms with E-state index in [1.165, 1.54) is 16.8 Å². The van der Waals surface area contributed by atoms with Crippen LogP contribution < -0.4 is 9.80 Å². The van der Waals surface area contributed by atoms with Crippen molar-refractivity contribution in [1.29, 1.82) is 0 Å². The number of ether oxygens (including phenoxy) is 1. The first-order valence-electron chi connectivity index (χ1n) is 11.8. The van der Waals surface area contributed by atoms with Crippen LogP contribution in [0.1, 0.15) is 22.4 Å². The first kappa shape index (κ1) is 21.4. The minimum Gasteiger partial charge on any atom is -0.378 e. The van der Waals surface area contributed by atoms with Crippen molar-refractivity contribution in [3.8, 4) is 11.5 Å². The molecule has 2 aliphatic rings. The number of morpholine rings is 1. The Balaban J connectivity index is 1.20. The van der Waals surface area contributed by atoms with Gasteiger partial charge in [-0.25, -0.2) is 19.9 Å². The molecule has 0 atom stereocenters. The molecule has 0 unspecified atom stereocenters. The number of pyridine rings is 1. The van der Waals surface area contributed by atoms with E-state index in [1.807, 2.05) is 36.4 Å². The Morgan fingerprint density at radius 2 is 1.57 bits per heavy atom. The molecule has 0 amide bonds. The highest BCUT2D eigenvalue weighted by molar-refractivity contribution is 5.68. The van der Waals surface area contributed by atoms with Crippen LogP contribution in [0.3, 0.4) is 0 Å². The van der Waals surface area contributed by atoms with E-state index in [0.29, 0.717) is 17.5 Å². The Morgan fingerprint density at radius 1 is 0.743 bits per heavy atom. The number of hydrogen-bond acceptors (Lipinski definition) is 8. The molecule has 8 heteroatoms. The van der Waals surface area contributed by atoms with Gasteiger partial charge in [0.25, 0.3) is 0 Å². The van der Waals surface area contributed by atoms with Crippen molar-refractivity contribution in [2.45, 2.75) is 13.1 Å². The average molecular weight is 464 g/mol. The first-order valence-corrected chi connectivity index (χ1v) is 11.8. The number of rotatable bonds is 5. The molecule has 0 radical (unpaired) electrons. The van der Waals surface area contributed by atoms with E-state index in [1.54, 1.807) is 24.8 Å². The fourth-order valence-corrected chi connectivity index (χ4v) is 4.41. The van der Waals surface area contributed by atoms with Crippen molar-refractivity contribution in [2.75, 3.05) is 36.1 Å². The van der Waals surface area contributed by atoms with Crippen LogP contribution in [0.5, 0.6) is 0 Å². The SMILES string of the molecule is C(=C\c1ccnc(-c2ccnc(N3Cc4ccc(N5CCOCC5)cc4C3)n2)n1)/c1ccncc1. The highest BCUT2D eigenvalue weighted by Crippen LogP contribution is 2.30. The van der Waals surface area contributed by atoms with Crippen LogP contribution in [0.25, 0.3) is 23.7 Å². The normalized spacial score (nSPS) is 15.5. The average Bonchev–Trinajstić information content (AvgIpc) is 3.37. The molecule has 0 N–H and O–H groups in total. The van der Waals surface area contributed by atoms with Crippen LogP contribution in [-0.2, 0) is 17.8 Å². The van der Waals surface area contributed by atoms with Gasteiger partial charge in [0.1, 0.15) is 5.69 Å². The molecule has 1 fully saturated rings. The van der Waals surface area contributed by atoms with Crippen LogP contribution in [0, 0.1) is 0 Å². The van der Waals surface area contributed by atoms with E-state index >= 15 is 0 Å². The molecule has 2 aliphatic heterocycles. The van der Waals surface area contributed by atoms with Crippen LogP contribution in [0.4, 0.5) is 11.6 Å². The third kappa shape index (κ3) is 4.74. The number of anilines is 2. The second-order valence-corrected chi connectivity index (χ2v) is 8.57. The molecule has 174 valence electrons. The molecule has 0 spiro atoms. The Hall–Kier alpha value is -4.17. The molecular formula is C27H25N7O. The predicted molar refractivity (Wildman–Crippen MR) is 136 cm³/mol. The smallest absolute Gasteiger partial charge is 0.226 e. The fourth-order valence-electron chi connectivity index (χ4n) is 4.41. The Labute approximate surface area is 204 Å². The summed E-state index contributed by atoms with van der Waals surface area (Å²) in [4.78, 5) is 27.1. The maximum absolute atomic E-state index is 5.49. The lowest BCUT2D eigenvalue weighted by molar-refractivity contribution is 0.122. The van der Waals surface area contributed by atoms with E-state index < -0.39 is 0 Å². The largest absolute Gasteiger partial charge is 0.378 e. The minimum atomic E-state index is 0.580. The third-order valence-electron chi connectivity index (χ3n) is 6.27. The van der Waals surface area contributed by atoms with E-state index in [0.717, 1.165) is 50.7 Å². The van der Waals surface area contributed by atoms with Crippen molar-refractivity contribution in [3.05, 3.63) is 89.6 Å². The summed E-state index contributed by atoms with van der Waals surface area (Å²) in [5.74, 6) is 1.27.